The van der Waals surface area contributed by atoms with Gasteiger partial charge >= 0.3 is 0 Å². The SMILES string of the molecule is C=C1CC(C)(C(=O)NC(C)c2nn(C)cc2O)C1. The molecule has 0 spiro atoms. The highest BCUT2D eigenvalue weighted by molar-refractivity contribution is 5.84. The Kier molecular flexibility index (Phi) is 2.92. The van der Waals surface area contributed by atoms with Gasteiger partial charge in [0.1, 0.15) is 5.69 Å². The summed E-state index contributed by atoms with van der Waals surface area (Å²) in [5, 5.41) is 16.7. The normalized spacial score (nSPS) is 19.2. The third kappa shape index (κ3) is 2.12. The third-order valence-corrected chi connectivity index (χ3v) is 3.42. The first-order chi connectivity index (χ1) is 8.32. The summed E-state index contributed by atoms with van der Waals surface area (Å²) in [7, 11) is 1.73. The number of amides is 1. The van der Waals surface area contributed by atoms with E-state index in [-0.39, 0.29) is 23.1 Å². The molecule has 1 amide bonds. The molecule has 1 aromatic rings. The summed E-state index contributed by atoms with van der Waals surface area (Å²) in [6.45, 7) is 7.61. The molecule has 1 aliphatic carbocycles. The van der Waals surface area contributed by atoms with Crippen LogP contribution in [0, 0.1) is 5.41 Å². The first-order valence-electron chi connectivity index (χ1n) is 6.02. The van der Waals surface area contributed by atoms with E-state index >= 15 is 0 Å². The van der Waals surface area contributed by atoms with Crippen LogP contribution in [0.15, 0.2) is 18.3 Å². The van der Waals surface area contributed by atoms with E-state index in [4.69, 9.17) is 0 Å². The van der Waals surface area contributed by atoms with Gasteiger partial charge in [0.2, 0.25) is 5.91 Å². The minimum Gasteiger partial charge on any atom is -0.504 e. The van der Waals surface area contributed by atoms with E-state index in [2.05, 4.69) is 17.0 Å². The van der Waals surface area contributed by atoms with Crippen molar-refractivity contribution in [1.29, 1.82) is 0 Å². The molecule has 5 heteroatoms. The van der Waals surface area contributed by atoms with Crippen molar-refractivity contribution >= 4 is 5.91 Å². The highest BCUT2D eigenvalue weighted by atomic mass is 16.3. The number of aromatic hydroxyl groups is 1. The van der Waals surface area contributed by atoms with E-state index < -0.39 is 0 Å². The topological polar surface area (TPSA) is 67.2 Å². The molecule has 0 aliphatic heterocycles. The fourth-order valence-corrected chi connectivity index (χ4v) is 2.45. The van der Waals surface area contributed by atoms with Crippen LogP contribution in [0.2, 0.25) is 0 Å². The number of hydrogen-bond donors (Lipinski definition) is 2. The van der Waals surface area contributed by atoms with Crippen LogP contribution in [0.4, 0.5) is 0 Å². The summed E-state index contributed by atoms with van der Waals surface area (Å²) in [4.78, 5) is 12.1. The second-order valence-corrected chi connectivity index (χ2v) is 5.43. The van der Waals surface area contributed by atoms with Crippen LogP contribution in [0.5, 0.6) is 5.75 Å². The van der Waals surface area contributed by atoms with E-state index in [9.17, 15) is 9.90 Å². The molecular formula is C13H19N3O2. The van der Waals surface area contributed by atoms with Gasteiger partial charge in [-0.05, 0) is 19.8 Å². The standard InChI is InChI=1S/C13H19N3O2/c1-8-5-13(3,6-8)12(18)14-9(2)11-10(17)7-16(4)15-11/h7,9,17H,1,5-6H2,2-4H3,(H,14,18). The van der Waals surface area contributed by atoms with Gasteiger partial charge in [-0.15, -0.1) is 0 Å². The van der Waals surface area contributed by atoms with Crippen molar-refractivity contribution in [2.75, 3.05) is 0 Å². The van der Waals surface area contributed by atoms with E-state index in [1.165, 1.54) is 10.9 Å². The van der Waals surface area contributed by atoms with Crippen LogP contribution in [-0.4, -0.2) is 20.8 Å². The summed E-state index contributed by atoms with van der Waals surface area (Å²) >= 11 is 0. The van der Waals surface area contributed by atoms with E-state index in [0.29, 0.717) is 5.69 Å². The molecule has 0 bridgehead atoms. The van der Waals surface area contributed by atoms with E-state index in [0.717, 1.165) is 18.4 Å². The predicted molar refractivity (Wildman–Crippen MR) is 67.9 cm³/mol. The zero-order valence-electron chi connectivity index (χ0n) is 11.0. The van der Waals surface area contributed by atoms with Crippen molar-refractivity contribution in [1.82, 2.24) is 15.1 Å². The number of allylic oxidation sites excluding steroid dienone is 1. The summed E-state index contributed by atoms with van der Waals surface area (Å²) in [5.41, 5.74) is 1.25. The van der Waals surface area contributed by atoms with Crippen molar-refractivity contribution in [3.63, 3.8) is 0 Å². The van der Waals surface area contributed by atoms with Crippen LogP contribution in [0.1, 0.15) is 38.4 Å². The summed E-state index contributed by atoms with van der Waals surface area (Å²) in [5.74, 6) is 0.0981. The van der Waals surface area contributed by atoms with Gasteiger partial charge < -0.3 is 10.4 Å². The Labute approximate surface area is 106 Å². The van der Waals surface area contributed by atoms with Gasteiger partial charge in [0.15, 0.2) is 5.75 Å². The predicted octanol–water partition coefficient (Wildman–Crippen LogP) is 1.66. The Hall–Kier alpha value is -1.78. The molecule has 0 aromatic carbocycles. The molecule has 0 radical (unpaired) electrons. The van der Waals surface area contributed by atoms with Crippen molar-refractivity contribution in [2.45, 2.75) is 32.7 Å². The average Bonchev–Trinajstić information content (AvgIpc) is 2.55. The second kappa shape index (κ2) is 4.15. The summed E-state index contributed by atoms with van der Waals surface area (Å²) in [6.07, 6.45) is 2.99. The minimum atomic E-state index is -0.351. The number of carbonyl (C=O) groups excluding carboxylic acids is 1. The van der Waals surface area contributed by atoms with Crippen molar-refractivity contribution in [2.24, 2.45) is 12.5 Å². The highest BCUT2D eigenvalue weighted by Crippen LogP contribution is 2.44. The summed E-state index contributed by atoms with van der Waals surface area (Å²) in [6, 6.07) is -0.301. The van der Waals surface area contributed by atoms with Crippen LogP contribution >= 0.6 is 0 Å². The molecule has 1 heterocycles. The Balaban J connectivity index is 2.04. The number of hydrogen-bond acceptors (Lipinski definition) is 3. The average molecular weight is 249 g/mol. The van der Waals surface area contributed by atoms with E-state index in [1.54, 1.807) is 7.05 Å². The molecule has 5 nitrogen and oxygen atoms in total. The molecule has 18 heavy (non-hydrogen) atoms. The minimum absolute atomic E-state index is 0.00699. The number of aromatic nitrogens is 2. The van der Waals surface area contributed by atoms with Crippen LogP contribution < -0.4 is 5.32 Å². The number of nitrogens with one attached hydrogen (secondary N) is 1. The van der Waals surface area contributed by atoms with Gasteiger partial charge in [-0.25, -0.2) is 0 Å². The maximum Gasteiger partial charge on any atom is 0.227 e. The smallest absolute Gasteiger partial charge is 0.227 e. The van der Waals surface area contributed by atoms with Crippen molar-refractivity contribution in [3.8, 4) is 5.75 Å². The molecule has 1 saturated carbocycles. The van der Waals surface area contributed by atoms with Crippen molar-refractivity contribution < 1.29 is 9.90 Å². The monoisotopic (exact) mass is 249 g/mol. The molecule has 1 unspecified atom stereocenters. The van der Waals surface area contributed by atoms with Gasteiger partial charge in [0, 0.05) is 7.05 Å². The Morgan fingerprint density at radius 1 is 1.67 bits per heavy atom. The van der Waals surface area contributed by atoms with Crippen LogP contribution in [0.3, 0.4) is 0 Å². The number of aryl methyl sites for hydroxylation is 1. The first-order valence-corrected chi connectivity index (χ1v) is 6.02. The van der Waals surface area contributed by atoms with Crippen molar-refractivity contribution in [3.05, 3.63) is 24.0 Å². The summed E-state index contributed by atoms with van der Waals surface area (Å²) < 4.78 is 1.53. The number of carbonyl (C=O) groups is 1. The third-order valence-electron chi connectivity index (χ3n) is 3.42. The Morgan fingerprint density at radius 3 is 2.72 bits per heavy atom. The van der Waals surface area contributed by atoms with Gasteiger partial charge in [-0.1, -0.05) is 19.1 Å². The molecular weight excluding hydrogens is 230 g/mol. The van der Waals surface area contributed by atoms with Gasteiger partial charge in [-0.3, -0.25) is 9.48 Å². The zero-order chi connectivity index (χ0) is 13.5. The molecule has 1 aliphatic rings. The fourth-order valence-electron chi connectivity index (χ4n) is 2.45. The maximum atomic E-state index is 12.1. The highest BCUT2D eigenvalue weighted by Gasteiger charge is 2.42. The molecule has 1 atom stereocenters. The zero-order valence-corrected chi connectivity index (χ0v) is 11.0. The van der Waals surface area contributed by atoms with Crippen LogP contribution in [-0.2, 0) is 11.8 Å². The lowest BCUT2D eigenvalue weighted by Gasteiger charge is -2.39. The Morgan fingerprint density at radius 2 is 2.28 bits per heavy atom. The molecule has 1 fully saturated rings. The lowest BCUT2D eigenvalue weighted by atomic mass is 9.67. The second-order valence-electron chi connectivity index (χ2n) is 5.43. The lowest BCUT2D eigenvalue weighted by molar-refractivity contribution is -0.133. The molecule has 2 rings (SSSR count). The lowest BCUT2D eigenvalue weighted by Crippen LogP contribution is -2.45. The maximum absolute atomic E-state index is 12.1. The van der Waals surface area contributed by atoms with Gasteiger partial charge in [-0.2, -0.15) is 5.10 Å². The Bertz CT molecular complexity index is 496. The first kappa shape index (κ1) is 12.7. The van der Waals surface area contributed by atoms with Gasteiger partial charge in [0.05, 0.1) is 17.7 Å². The largest absolute Gasteiger partial charge is 0.504 e. The molecule has 0 saturated heterocycles. The number of rotatable bonds is 3. The van der Waals surface area contributed by atoms with E-state index in [1.807, 2.05) is 13.8 Å². The molecule has 98 valence electrons. The molecule has 2 N–H and O–H groups in total. The number of nitrogens with zero attached hydrogens (tertiary/aromatic N) is 2. The fraction of sp³-hybridized carbons (Fsp3) is 0.538. The molecule has 1 aromatic heterocycles. The van der Waals surface area contributed by atoms with Crippen LogP contribution in [0.25, 0.3) is 0 Å². The van der Waals surface area contributed by atoms with Gasteiger partial charge in [0.25, 0.3) is 0 Å². The quantitative estimate of drug-likeness (QED) is 0.801.